The van der Waals surface area contributed by atoms with E-state index in [-0.39, 0.29) is 28.8 Å². The molecule has 0 spiro atoms. The van der Waals surface area contributed by atoms with Crippen molar-refractivity contribution in [2.45, 2.75) is 26.8 Å². The fourth-order valence-electron chi connectivity index (χ4n) is 2.54. The molecule has 2 N–H and O–H groups in total. The van der Waals surface area contributed by atoms with Crippen LogP contribution in [0.4, 0.5) is 0 Å². The molecule has 1 atom stereocenters. The molecule has 1 heterocycles. The highest BCUT2D eigenvalue weighted by molar-refractivity contribution is 7.12. The molecule has 0 radical (unpaired) electrons. The standard InChI is InChI=1S/C17H19NO4S/c1-9-8-14(11(3)23-9)10(2)18-16(19)12-6-5-7-13(17(20)21)15(12)22-4/h5-8,10H,1-4H3,(H,18,19)(H,20,21). The Bertz CT molecular complexity index is 751. The van der Waals surface area contributed by atoms with Crippen LogP contribution in [0, 0.1) is 13.8 Å². The van der Waals surface area contributed by atoms with Gasteiger partial charge in [0.05, 0.1) is 18.7 Å². The largest absolute Gasteiger partial charge is 0.495 e. The quantitative estimate of drug-likeness (QED) is 0.877. The number of benzene rings is 1. The topological polar surface area (TPSA) is 75.6 Å². The first-order valence-electron chi connectivity index (χ1n) is 7.13. The summed E-state index contributed by atoms with van der Waals surface area (Å²) in [6, 6.07) is 6.37. The molecular formula is C17H19NO4S. The number of amides is 1. The van der Waals surface area contributed by atoms with E-state index in [0.717, 1.165) is 10.4 Å². The summed E-state index contributed by atoms with van der Waals surface area (Å²) in [5.41, 5.74) is 1.24. The number of carboxylic acid groups (broad SMARTS) is 1. The molecule has 1 aromatic heterocycles. The first kappa shape index (κ1) is 17.0. The SMILES string of the molecule is COc1c(C(=O)O)cccc1C(=O)NC(C)c1cc(C)sc1C. The Labute approximate surface area is 138 Å². The summed E-state index contributed by atoms with van der Waals surface area (Å²) in [6.45, 7) is 5.94. The molecule has 23 heavy (non-hydrogen) atoms. The highest BCUT2D eigenvalue weighted by Crippen LogP contribution is 2.28. The lowest BCUT2D eigenvalue weighted by atomic mass is 10.1. The van der Waals surface area contributed by atoms with Crippen LogP contribution < -0.4 is 10.1 Å². The molecule has 0 aliphatic carbocycles. The third-order valence-electron chi connectivity index (χ3n) is 3.59. The molecular weight excluding hydrogens is 314 g/mol. The lowest BCUT2D eigenvalue weighted by Crippen LogP contribution is -2.27. The zero-order chi connectivity index (χ0) is 17.1. The number of nitrogens with one attached hydrogen (secondary N) is 1. The zero-order valence-corrected chi connectivity index (χ0v) is 14.3. The Hall–Kier alpha value is -2.34. The van der Waals surface area contributed by atoms with E-state index >= 15 is 0 Å². The molecule has 5 nitrogen and oxygen atoms in total. The fraction of sp³-hybridized carbons (Fsp3) is 0.294. The molecule has 0 bridgehead atoms. The number of hydrogen-bond donors (Lipinski definition) is 2. The van der Waals surface area contributed by atoms with Crippen LogP contribution in [0.3, 0.4) is 0 Å². The number of para-hydroxylation sites is 1. The second kappa shape index (κ2) is 6.83. The molecule has 0 saturated heterocycles. The summed E-state index contributed by atoms with van der Waals surface area (Å²) >= 11 is 1.68. The number of aromatic carboxylic acids is 1. The van der Waals surface area contributed by atoms with E-state index < -0.39 is 5.97 Å². The molecule has 122 valence electrons. The van der Waals surface area contributed by atoms with Crippen molar-refractivity contribution >= 4 is 23.2 Å². The maximum Gasteiger partial charge on any atom is 0.339 e. The second-order valence-electron chi connectivity index (χ2n) is 5.26. The monoisotopic (exact) mass is 333 g/mol. The van der Waals surface area contributed by atoms with Crippen molar-refractivity contribution in [1.29, 1.82) is 0 Å². The van der Waals surface area contributed by atoms with Gasteiger partial charge in [0.25, 0.3) is 5.91 Å². The van der Waals surface area contributed by atoms with Crippen molar-refractivity contribution in [3.05, 3.63) is 50.7 Å². The molecule has 1 unspecified atom stereocenters. The van der Waals surface area contributed by atoms with Crippen molar-refractivity contribution in [3.63, 3.8) is 0 Å². The van der Waals surface area contributed by atoms with E-state index in [1.807, 2.05) is 20.8 Å². The predicted octanol–water partition coefficient (Wildman–Crippen LogP) is 3.56. The molecule has 1 amide bonds. The number of hydrogen-bond acceptors (Lipinski definition) is 4. The number of ether oxygens (including phenoxy) is 1. The van der Waals surface area contributed by atoms with Crippen LogP contribution >= 0.6 is 11.3 Å². The highest BCUT2D eigenvalue weighted by atomic mass is 32.1. The molecule has 0 saturated carbocycles. The van der Waals surface area contributed by atoms with Gasteiger partial charge in [0.1, 0.15) is 11.3 Å². The Morgan fingerprint density at radius 1 is 1.26 bits per heavy atom. The minimum atomic E-state index is -1.13. The highest BCUT2D eigenvalue weighted by Gasteiger charge is 2.21. The van der Waals surface area contributed by atoms with Crippen molar-refractivity contribution in [2.24, 2.45) is 0 Å². The van der Waals surface area contributed by atoms with Crippen LogP contribution in [0.2, 0.25) is 0 Å². The minimum absolute atomic E-state index is 0.0321. The van der Waals surface area contributed by atoms with Gasteiger partial charge in [0.15, 0.2) is 0 Å². The number of aryl methyl sites for hydroxylation is 2. The van der Waals surface area contributed by atoms with E-state index in [2.05, 4.69) is 11.4 Å². The predicted molar refractivity (Wildman–Crippen MR) is 89.6 cm³/mol. The van der Waals surface area contributed by atoms with Crippen LogP contribution in [0.15, 0.2) is 24.3 Å². The summed E-state index contributed by atoms with van der Waals surface area (Å²) in [6.07, 6.45) is 0. The lowest BCUT2D eigenvalue weighted by molar-refractivity contribution is 0.0693. The van der Waals surface area contributed by atoms with Crippen LogP contribution in [-0.2, 0) is 0 Å². The van der Waals surface area contributed by atoms with Gasteiger partial charge in [-0.1, -0.05) is 6.07 Å². The Kier molecular flexibility index (Phi) is 5.05. The van der Waals surface area contributed by atoms with E-state index in [1.54, 1.807) is 17.4 Å². The van der Waals surface area contributed by atoms with Gasteiger partial charge in [-0.25, -0.2) is 4.79 Å². The zero-order valence-electron chi connectivity index (χ0n) is 13.5. The molecule has 0 aliphatic rings. The third kappa shape index (κ3) is 3.53. The number of carbonyl (C=O) groups excluding carboxylic acids is 1. The fourth-order valence-corrected chi connectivity index (χ4v) is 3.56. The van der Waals surface area contributed by atoms with Gasteiger partial charge in [0.2, 0.25) is 0 Å². The van der Waals surface area contributed by atoms with Crippen LogP contribution in [0.25, 0.3) is 0 Å². The van der Waals surface area contributed by atoms with Gasteiger partial charge in [-0.05, 0) is 44.5 Å². The van der Waals surface area contributed by atoms with Gasteiger partial charge in [-0.2, -0.15) is 0 Å². The summed E-state index contributed by atoms with van der Waals surface area (Å²) in [4.78, 5) is 26.1. The number of methoxy groups -OCH3 is 1. The smallest absolute Gasteiger partial charge is 0.339 e. The van der Waals surface area contributed by atoms with Crippen LogP contribution in [0.5, 0.6) is 5.75 Å². The average Bonchev–Trinajstić information content (AvgIpc) is 2.84. The Morgan fingerprint density at radius 2 is 1.91 bits per heavy atom. The van der Waals surface area contributed by atoms with Gasteiger partial charge >= 0.3 is 5.97 Å². The second-order valence-corrected chi connectivity index (χ2v) is 6.72. The van der Waals surface area contributed by atoms with Gasteiger partial charge < -0.3 is 15.2 Å². The number of rotatable bonds is 5. The van der Waals surface area contributed by atoms with Crippen LogP contribution in [-0.4, -0.2) is 24.1 Å². The normalized spacial score (nSPS) is 11.8. The number of carbonyl (C=O) groups is 2. The summed E-state index contributed by atoms with van der Waals surface area (Å²) in [5.74, 6) is -1.42. The van der Waals surface area contributed by atoms with Gasteiger partial charge in [-0.15, -0.1) is 11.3 Å². The average molecular weight is 333 g/mol. The molecule has 1 aromatic carbocycles. The molecule has 2 aromatic rings. The van der Waals surface area contributed by atoms with Crippen molar-refractivity contribution in [2.75, 3.05) is 7.11 Å². The molecule has 0 fully saturated rings. The summed E-state index contributed by atoms with van der Waals surface area (Å²) in [7, 11) is 1.36. The molecule has 2 rings (SSSR count). The summed E-state index contributed by atoms with van der Waals surface area (Å²) in [5, 5.41) is 12.1. The van der Waals surface area contributed by atoms with Crippen molar-refractivity contribution in [3.8, 4) is 5.75 Å². The van der Waals surface area contributed by atoms with Crippen LogP contribution in [0.1, 0.15) is 49.0 Å². The third-order valence-corrected chi connectivity index (χ3v) is 4.57. The van der Waals surface area contributed by atoms with Crippen molar-refractivity contribution < 1.29 is 19.4 Å². The van der Waals surface area contributed by atoms with Crippen molar-refractivity contribution in [1.82, 2.24) is 5.32 Å². The Balaban J connectivity index is 2.29. The van der Waals surface area contributed by atoms with Gasteiger partial charge in [0, 0.05) is 9.75 Å². The number of thiophene rings is 1. The molecule has 6 heteroatoms. The Morgan fingerprint density at radius 3 is 2.43 bits per heavy atom. The first-order valence-corrected chi connectivity index (χ1v) is 7.95. The minimum Gasteiger partial charge on any atom is -0.495 e. The maximum atomic E-state index is 12.5. The number of carboxylic acids is 1. The maximum absolute atomic E-state index is 12.5. The van der Waals surface area contributed by atoms with E-state index in [1.165, 1.54) is 24.1 Å². The van der Waals surface area contributed by atoms with E-state index in [9.17, 15) is 14.7 Å². The first-order chi connectivity index (χ1) is 10.8. The molecule has 0 aliphatic heterocycles. The van der Waals surface area contributed by atoms with E-state index in [0.29, 0.717) is 0 Å². The lowest BCUT2D eigenvalue weighted by Gasteiger charge is -2.16. The summed E-state index contributed by atoms with van der Waals surface area (Å²) < 4.78 is 5.13. The van der Waals surface area contributed by atoms with Gasteiger partial charge in [-0.3, -0.25) is 4.79 Å². The van der Waals surface area contributed by atoms with E-state index in [4.69, 9.17) is 4.74 Å².